The SMILES string of the molecule is N#CC1=C(N)Oc2n[nH]c(CSc3ccccc3)c2[C@H]1c1ccc(F)c(Oc2ccccc2)c1. The third-order valence-corrected chi connectivity index (χ3v) is 6.44. The number of allylic oxidation sites excluding steroid dienone is 1. The summed E-state index contributed by atoms with van der Waals surface area (Å²) < 4.78 is 26.1. The number of hydrogen-bond donors (Lipinski definition) is 2. The fourth-order valence-corrected chi connectivity index (χ4v) is 4.70. The molecule has 0 saturated carbocycles. The van der Waals surface area contributed by atoms with Crippen LogP contribution in [0.2, 0.25) is 0 Å². The first-order chi connectivity index (χ1) is 16.6. The molecular formula is C26H19FN4O2S. The highest BCUT2D eigenvalue weighted by Crippen LogP contribution is 2.45. The summed E-state index contributed by atoms with van der Waals surface area (Å²) in [6.45, 7) is 0. The van der Waals surface area contributed by atoms with Gasteiger partial charge in [0.05, 0.1) is 17.2 Å². The number of rotatable bonds is 6. The number of nitrogens with two attached hydrogens (primary N) is 1. The Morgan fingerprint density at radius 1 is 1.09 bits per heavy atom. The van der Waals surface area contributed by atoms with Crippen LogP contribution in [0.3, 0.4) is 0 Å². The van der Waals surface area contributed by atoms with Crippen LogP contribution in [0.25, 0.3) is 0 Å². The molecule has 3 N–H and O–H groups in total. The van der Waals surface area contributed by atoms with Crippen LogP contribution in [0.4, 0.5) is 4.39 Å². The van der Waals surface area contributed by atoms with E-state index in [0.29, 0.717) is 28.5 Å². The van der Waals surface area contributed by atoms with Gasteiger partial charge in [0.2, 0.25) is 11.8 Å². The van der Waals surface area contributed by atoms with Crippen molar-refractivity contribution >= 4 is 11.8 Å². The van der Waals surface area contributed by atoms with Crippen molar-refractivity contribution in [1.82, 2.24) is 10.2 Å². The Hall–Kier alpha value is -4.22. The highest BCUT2D eigenvalue weighted by Gasteiger charge is 2.35. The smallest absolute Gasteiger partial charge is 0.244 e. The van der Waals surface area contributed by atoms with E-state index < -0.39 is 11.7 Å². The summed E-state index contributed by atoms with van der Waals surface area (Å²) in [4.78, 5) is 1.09. The van der Waals surface area contributed by atoms with Gasteiger partial charge < -0.3 is 15.2 Å². The van der Waals surface area contributed by atoms with E-state index in [2.05, 4.69) is 16.3 Å². The van der Waals surface area contributed by atoms with Gasteiger partial charge in [0.1, 0.15) is 17.4 Å². The Kier molecular flexibility index (Phi) is 5.93. The molecule has 3 aromatic carbocycles. The van der Waals surface area contributed by atoms with E-state index in [0.717, 1.165) is 10.6 Å². The van der Waals surface area contributed by atoms with E-state index in [1.165, 1.54) is 6.07 Å². The molecule has 0 unspecified atom stereocenters. The molecule has 1 atom stereocenters. The van der Waals surface area contributed by atoms with Crippen molar-refractivity contribution in [3.63, 3.8) is 0 Å². The third kappa shape index (κ3) is 4.21. The predicted molar refractivity (Wildman–Crippen MR) is 127 cm³/mol. The lowest BCUT2D eigenvalue weighted by atomic mass is 9.84. The molecule has 0 radical (unpaired) electrons. The van der Waals surface area contributed by atoms with E-state index in [4.69, 9.17) is 15.2 Å². The van der Waals surface area contributed by atoms with Crippen molar-refractivity contribution in [3.05, 3.63) is 113 Å². The first kappa shape index (κ1) is 21.6. The molecule has 0 bridgehead atoms. The van der Waals surface area contributed by atoms with E-state index in [1.54, 1.807) is 48.2 Å². The molecule has 1 aliphatic rings. The average molecular weight is 471 g/mol. The second-order valence-electron chi connectivity index (χ2n) is 7.55. The summed E-state index contributed by atoms with van der Waals surface area (Å²) in [5.41, 5.74) is 8.44. The second-order valence-corrected chi connectivity index (χ2v) is 8.60. The van der Waals surface area contributed by atoms with Crippen molar-refractivity contribution in [3.8, 4) is 23.4 Å². The van der Waals surface area contributed by atoms with Gasteiger partial charge >= 0.3 is 0 Å². The number of ether oxygens (including phenoxy) is 2. The fourth-order valence-electron chi connectivity index (χ4n) is 3.82. The summed E-state index contributed by atoms with van der Waals surface area (Å²) >= 11 is 1.62. The monoisotopic (exact) mass is 470 g/mol. The van der Waals surface area contributed by atoms with E-state index >= 15 is 0 Å². The summed E-state index contributed by atoms with van der Waals surface area (Å²) in [6.07, 6.45) is 0. The molecular weight excluding hydrogens is 451 g/mol. The van der Waals surface area contributed by atoms with Crippen LogP contribution in [0, 0.1) is 17.1 Å². The summed E-state index contributed by atoms with van der Waals surface area (Å²) in [5, 5.41) is 17.2. The maximum atomic E-state index is 14.6. The lowest BCUT2D eigenvalue weighted by molar-refractivity contribution is 0.378. The molecule has 5 rings (SSSR count). The van der Waals surface area contributed by atoms with Crippen LogP contribution in [-0.4, -0.2) is 10.2 Å². The molecule has 4 aromatic rings. The summed E-state index contributed by atoms with van der Waals surface area (Å²) in [7, 11) is 0. The number of para-hydroxylation sites is 1. The zero-order valence-corrected chi connectivity index (χ0v) is 18.7. The Morgan fingerprint density at radius 3 is 2.56 bits per heavy atom. The quantitative estimate of drug-likeness (QED) is 0.343. The van der Waals surface area contributed by atoms with Crippen LogP contribution in [0.15, 0.2) is 95.2 Å². The van der Waals surface area contributed by atoms with Crippen LogP contribution in [0.1, 0.15) is 22.7 Å². The molecule has 0 amide bonds. The number of hydrogen-bond acceptors (Lipinski definition) is 6. The Bertz CT molecular complexity index is 1400. The first-order valence-electron chi connectivity index (χ1n) is 10.5. The largest absolute Gasteiger partial charge is 0.454 e. The number of aromatic amines is 1. The molecule has 0 spiro atoms. The minimum Gasteiger partial charge on any atom is -0.454 e. The molecule has 2 heterocycles. The molecule has 34 heavy (non-hydrogen) atoms. The molecule has 0 fully saturated rings. The van der Waals surface area contributed by atoms with E-state index in [1.807, 2.05) is 36.4 Å². The van der Waals surface area contributed by atoms with Gasteiger partial charge in [-0.05, 0) is 42.0 Å². The van der Waals surface area contributed by atoms with Crippen molar-refractivity contribution in [2.24, 2.45) is 5.73 Å². The van der Waals surface area contributed by atoms with Gasteiger partial charge in [-0.25, -0.2) is 4.39 Å². The number of H-pyrrole nitrogens is 1. The number of benzene rings is 3. The van der Waals surface area contributed by atoms with Crippen molar-refractivity contribution in [1.29, 1.82) is 5.26 Å². The number of fused-ring (bicyclic) bond motifs is 1. The highest BCUT2D eigenvalue weighted by atomic mass is 32.2. The Morgan fingerprint density at radius 2 is 1.82 bits per heavy atom. The lowest BCUT2D eigenvalue weighted by Crippen LogP contribution is -2.21. The van der Waals surface area contributed by atoms with Gasteiger partial charge in [-0.1, -0.05) is 42.5 Å². The van der Waals surface area contributed by atoms with Crippen molar-refractivity contribution in [2.45, 2.75) is 16.6 Å². The third-order valence-electron chi connectivity index (χ3n) is 5.40. The van der Waals surface area contributed by atoms with Gasteiger partial charge in [-0.3, -0.25) is 5.10 Å². The Labute approximate surface area is 199 Å². The van der Waals surface area contributed by atoms with Crippen LogP contribution in [0.5, 0.6) is 17.4 Å². The molecule has 0 saturated heterocycles. The molecule has 8 heteroatoms. The van der Waals surface area contributed by atoms with Gasteiger partial charge in [-0.2, -0.15) is 5.26 Å². The minimum absolute atomic E-state index is 0.0244. The Balaban J connectivity index is 1.54. The maximum Gasteiger partial charge on any atom is 0.244 e. The molecule has 6 nitrogen and oxygen atoms in total. The second kappa shape index (κ2) is 9.33. The molecule has 168 valence electrons. The lowest BCUT2D eigenvalue weighted by Gasteiger charge is -2.24. The van der Waals surface area contributed by atoms with E-state index in [-0.39, 0.29) is 17.2 Å². The number of aromatic nitrogens is 2. The maximum absolute atomic E-state index is 14.6. The van der Waals surface area contributed by atoms with Gasteiger partial charge in [0.15, 0.2) is 11.6 Å². The molecule has 1 aromatic heterocycles. The van der Waals surface area contributed by atoms with Gasteiger partial charge in [-0.15, -0.1) is 16.9 Å². The highest BCUT2D eigenvalue weighted by molar-refractivity contribution is 7.98. The number of nitriles is 1. The number of nitrogens with one attached hydrogen (secondary N) is 1. The number of halogens is 1. The molecule has 1 aliphatic heterocycles. The average Bonchev–Trinajstić information content (AvgIpc) is 3.26. The fraction of sp³-hybridized carbons (Fsp3) is 0.0769. The topological polar surface area (TPSA) is 97.0 Å². The van der Waals surface area contributed by atoms with Crippen LogP contribution < -0.4 is 15.2 Å². The minimum atomic E-state index is -0.586. The molecule has 0 aliphatic carbocycles. The summed E-state index contributed by atoms with van der Waals surface area (Å²) in [6, 6.07) is 25.6. The van der Waals surface area contributed by atoms with Crippen molar-refractivity contribution in [2.75, 3.05) is 0 Å². The predicted octanol–water partition coefficient (Wildman–Crippen LogP) is 5.85. The van der Waals surface area contributed by atoms with Crippen LogP contribution >= 0.6 is 11.8 Å². The van der Waals surface area contributed by atoms with Crippen LogP contribution in [-0.2, 0) is 5.75 Å². The first-order valence-corrected chi connectivity index (χ1v) is 11.5. The van der Waals surface area contributed by atoms with E-state index in [9.17, 15) is 9.65 Å². The zero-order valence-electron chi connectivity index (χ0n) is 17.9. The number of nitrogens with zero attached hydrogens (tertiary/aromatic N) is 2. The van der Waals surface area contributed by atoms with Gasteiger partial charge in [0.25, 0.3) is 0 Å². The number of thioether (sulfide) groups is 1. The van der Waals surface area contributed by atoms with Crippen molar-refractivity contribution < 1.29 is 13.9 Å². The van der Waals surface area contributed by atoms with Gasteiger partial charge in [0, 0.05) is 10.6 Å². The zero-order chi connectivity index (χ0) is 23.5. The normalized spacial score (nSPS) is 14.8. The summed E-state index contributed by atoms with van der Waals surface area (Å²) in [5.74, 6) is 0.310. The standard InChI is InChI=1S/C26H19FN4O2S/c27-20-12-11-16(13-22(20)32-17-7-3-1-4-8-17)23-19(14-28)25(29)33-26-24(23)21(30-31-26)15-34-18-9-5-2-6-10-18/h1-13,23H,15,29H2,(H,30,31)/t23-/m0/s1.